The van der Waals surface area contributed by atoms with E-state index in [9.17, 15) is 0 Å². The Hall–Kier alpha value is -3.25. The fourth-order valence-corrected chi connectivity index (χ4v) is 5.13. The second kappa shape index (κ2) is 7.78. The van der Waals surface area contributed by atoms with E-state index in [4.69, 9.17) is 9.97 Å². The van der Waals surface area contributed by atoms with E-state index in [1.165, 1.54) is 0 Å². The third kappa shape index (κ3) is 3.27. The van der Waals surface area contributed by atoms with E-state index in [2.05, 4.69) is 53.7 Å². The Morgan fingerprint density at radius 1 is 1.19 bits per heavy atom. The average Bonchev–Trinajstić information content (AvgIpc) is 3.46. The van der Waals surface area contributed by atoms with Crippen LogP contribution in [0.15, 0.2) is 67.3 Å². The number of hydrogen-bond donors (Lipinski definition) is 0. The predicted molar refractivity (Wildman–Crippen MR) is 129 cm³/mol. The van der Waals surface area contributed by atoms with Crippen molar-refractivity contribution in [1.29, 1.82) is 0 Å². The first-order valence-corrected chi connectivity index (χ1v) is 11.5. The Kier molecular flexibility index (Phi) is 4.94. The Labute approximate surface area is 186 Å². The molecule has 1 unspecified atom stereocenters. The number of fused-ring (bicyclic) bond motifs is 1. The zero-order valence-electron chi connectivity index (χ0n) is 17.7. The molecule has 0 N–H and O–H groups in total. The average molecular weight is 428 g/mol. The van der Waals surface area contributed by atoms with E-state index in [0.29, 0.717) is 0 Å². The SMILES string of the molecule is C=CCC1(CC)CCN1c1cc(C=C)cc(-c2cnn3ccc(-c4cccs4)nc23)n1. The van der Waals surface area contributed by atoms with Gasteiger partial charge in [0.25, 0.3) is 0 Å². The summed E-state index contributed by atoms with van der Waals surface area (Å²) in [5.41, 5.74) is 4.70. The van der Waals surface area contributed by atoms with Gasteiger partial charge in [-0.05, 0) is 54.5 Å². The van der Waals surface area contributed by atoms with Crippen LogP contribution in [0.2, 0.25) is 0 Å². The summed E-state index contributed by atoms with van der Waals surface area (Å²) in [6.45, 7) is 11.2. The minimum Gasteiger partial charge on any atom is -0.350 e. The minimum atomic E-state index is 0.109. The first kappa shape index (κ1) is 19.7. The number of nitrogens with zero attached hydrogens (tertiary/aromatic N) is 5. The van der Waals surface area contributed by atoms with Gasteiger partial charge in [-0.1, -0.05) is 31.7 Å². The highest BCUT2D eigenvalue weighted by Crippen LogP contribution is 2.41. The summed E-state index contributed by atoms with van der Waals surface area (Å²) in [4.78, 5) is 13.5. The van der Waals surface area contributed by atoms with Crippen molar-refractivity contribution in [1.82, 2.24) is 19.6 Å². The molecular formula is C25H25N5S. The molecule has 1 aliphatic rings. The van der Waals surface area contributed by atoms with Crippen molar-refractivity contribution in [3.63, 3.8) is 0 Å². The van der Waals surface area contributed by atoms with Gasteiger partial charge in [0.2, 0.25) is 0 Å². The molecule has 5 heterocycles. The minimum absolute atomic E-state index is 0.109. The van der Waals surface area contributed by atoms with E-state index in [1.807, 2.05) is 41.2 Å². The monoisotopic (exact) mass is 427 g/mol. The molecule has 0 spiro atoms. The van der Waals surface area contributed by atoms with Crippen molar-refractivity contribution in [2.24, 2.45) is 0 Å². The summed E-state index contributed by atoms with van der Waals surface area (Å²) < 4.78 is 1.81. The molecule has 0 saturated carbocycles. The molecule has 4 aromatic rings. The summed E-state index contributed by atoms with van der Waals surface area (Å²) in [6.07, 6.45) is 10.9. The van der Waals surface area contributed by atoms with Crippen LogP contribution in [0, 0.1) is 0 Å². The number of rotatable bonds is 7. The van der Waals surface area contributed by atoms with Crippen LogP contribution >= 0.6 is 11.3 Å². The second-order valence-electron chi connectivity index (χ2n) is 7.94. The van der Waals surface area contributed by atoms with E-state index in [0.717, 1.165) is 64.7 Å². The van der Waals surface area contributed by atoms with Crippen molar-refractivity contribution in [3.05, 3.63) is 72.9 Å². The van der Waals surface area contributed by atoms with Crippen LogP contribution in [-0.2, 0) is 0 Å². The zero-order valence-corrected chi connectivity index (χ0v) is 18.5. The largest absolute Gasteiger partial charge is 0.350 e. The number of thiophene rings is 1. The molecule has 1 atom stereocenters. The van der Waals surface area contributed by atoms with E-state index in [1.54, 1.807) is 11.3 Å². The van der Waals surface area contributed by atoms with Gasteiger partial charge in [-0.15, -0.1) is 17.9 Å². The zero-order chi connectivity index (χ0) is 21.4. The molecule has 156 valence electrons. The summed E-state index contributed by atoms with van der Waals surface area (Å²) in [5.74, 6) is 0.983. The number of pyridine rings is 1. The molecule has 0 radical (unpaired) electrons. The maximum absolute atomic E-state index is 5.07. The Morgan fingerprint density at radius 3 is 2.77 bits per heavy atom. The maximum Gasteiger partial charge on any atom is 0.165 e. The van der Waals surface area contributed by atoms with E-state index < -0.39 is 0 Å². The van der Waals surface area contributed by atoms with Crippen LogP contribution in [0.25, 0.3) is 33.6 Å². The van der Waals surface area contributed by atoms with Crippen LogP contribution in [0.3, 0.4) is 0 Å². The van der Waals surface area contributed by atoms with Crippen molar-refractivity contribution >= 4 is 28.9 Å². The lowest BCUT2D eigenvalue weighted by Crippen LogP contribution is -2.60. The molecule has 0 aliphatic carbocycles. The topological polar surface area (TPSA) is 46.3 Å². The van der Waals surface area contributed by atoms with Crippen LogP contribution in [0.4, 0.5) is 5.82 Å². The van der Waals surface area contributed by atoms with Gasteiger partial charge in [0.15, 0.2) is 5.65 Å². The molecule has 5 nitrogen and oxygen atoms in total. The highest BCUT2D eigenvalue weighted by atomic mass is 32.1. The normalized spacial score (nSPS) is 18.2. The molecule has 1 fully saturated rings. The van der Waals surface area contributed by atoms with Crippen LogP contribution in [0.5, 0.6) is 0 Å². The van der Waals surface area contributed by atoms with Gasteiger partial charge in [0.05, 0.1) is 28.0 Å². The number of anilines is 1. The van der Waals surface area contributed by atoms with Gasteiger partial charge in [-0.2, -0.15) is 5.10 Å². The number of hydrogen-bond acceptors (Lipinski definition) is 5. The Balaban J connectivity index is 1.62. The van der Waals surface area contributed by atoms with Crippen molar-refractivity contribution in [2.45, 2.75) is 31.7 Å². The van der Waals surface area contributed by atoms with Gasteiger partial charge in [-0.3, -0.25) is 0 Å². The summed E-state index contributed by atoms with van der Waals surface area (Å²) in [7, 11) is 0. The molecule has 5 rings (SSSR count). The maximum atomic E-state index is 5.07. The first-order chi connectivity index (χ1) is 15.2. The lowest BCUT2D eigenvalue weighted by molar-refractivity contribution is 0.264. The van der Waals surface area contributed by atoms with Crippen LogP contribution in [0.1, 0.15) is 31.7 Å². The lowest BCUT2D eigenvalue weighted by atomic mass is 9.79. The highest BCUT2D eigenvalue weighted by Gasteiger charge is 2.43. The van der Waals surface area contributed by atoms with Crippen LogP contribution < -0.4 is 4.90 Å². The smallest absolute Gasteiger partial charge is 0.165 e. The van der Waals surface area contributed by atoms with Gasteiger partial charge in [0.1, 0.15) is 5.82 Å². The summed E-state index contributed by atoms with van der Waals surface area (Å²) in [6, 6.07) is 10.3. The third-order valence-corrected chi connectivity index (χ3v) is 7.21. The molecule has 6 heteroatoms. The molecule has 0 aromatic carbocycles. The summed E-state index contributed by atoms with van der Waals surface area (Å²) >= 11 is 1.68. The van der Waals surface area contributed by atoms with Crippen molar-refractivity contribution < 1.29 is 0 Å². The summed E-state index contributed by atoms with van der Waals surface area (Å²) in [5, 5.41) is 6.59. The molecular weight excluding hydrogens is 402 g/mol. The van der Waals surface area contributed by atoms with Gasteiger partial charge in [-0.25, -0.2) is 14.5 Å². The van der Waals surface area contributed by atoms with Gasteiger partial charge < -0.3 is 4.90 Å². The van der Waals surface area contributed by atoms with E-state index in [-0.39, 0.29) is 5.54 Å². The molecule has 31 heavy (non-hydrogen) atoms. The molecule has 1 saturated heterocycles. The van der Waals surface area contributed by atoms with Crippen molar-refractivity contribution in [3.8, 4) is 21.8 Å². The second-order valence-corrected chi connectivity index (χ2v) is 8.88. The highest BCUT2D eigenvalue weighted by molar-refractivity contribution is 7.13. The van der Waals surface area contributed by atoms with Gasteiger partial charge in [0, 0.05) is 18.3 Å². The molecule has 4 aromatic heterocycles. The lowest BCUT2D eigenvalue weighted by Gasteiger charge is -2.53. The van der Waals surface area contributed by atoms with E-state index >= 15 is 0 Å². The molecule has 0 amide bonds. The van der Waals surface area contributed by atoms with Crippen LogP contribution in [-0.4, -0.2) is 31.7 Å². The molecule has 0 bridgehead atoms. The van der Waals surface area contributed by atoms with Gasteiger partial charge >= 0.3 is 0 Å². The standard InChI is InChI=1S/C25H25N5S/c1-4-10-25(6-3)11-13-29(25)23-16-18(5-2)15-21(27-23)19-17-26-30-12-9-20(28-24(19)30)22-8-7-14-31-22/h4-5,7-9,12,14-17H,1-2,6,10-11,13H2,3H3. The Morgan fingerprint density at radius 2 is 2.10 bits per heavy atom. The third-order valence-electron chi connectivity index (χ3n) is 6.32. The fourth-order valence-electron chi connectivity index (χ4n) is 4.43. The fraction of sp³-hybridized carbons (Fsp3) is 0.240. The molecule has 1 aliphatic heterocycles. The van der Waals surface area contributed by atoms with Crippen molar-refractivity contribution in [2.75, 3.05) is 11.4 Å². The first-order valence-electron chi connectivity index (χ1n) is 10.6. The Bertz CT molecular complexity index is 1250. The quantitative estimate of drug-likeness (QED) is 0.334. The predicted octanol–water partition coefficient (Wildman–Crippen LogP) is 6.10. The number of aromatic nitrogens is 4.